The number of anilines is 1. The number of hydrogen-bond donors (Lipinski definition) is 1. The van der Waals surface area contributed by atoms with E-state index in [0.717, 1.165) is 17.8 Å². The minimum atomic E-state index is -0.444. The van der Waals surface area contributed by atoms with Crippen molar-refractivity contribution < 1.29 is 4.39 Å². The first-order chi connectivity index (χ1) is 13.3. The molecule has 1 aliphatic heterocycles. The van der Waals surface area contributed by atoms with Gasteiger partial charge in [-0.15, -0.1) is 5.10 Å². The second kappa shape index (κ2) is 5.88. The zero-order chi connectivity index (χ0) is 18.4. The molecule has 1 aliphatic rings. The number of H-pyrrole nitrogens is 1. The monoisotopic (exact) mass is 360 g/mol. The van der Waals surface area contributed by atoms with Gasteiger partial charge in [0.15, 0.2) is 5.82 Å². The fraction of sp³-hybridized carbons (Fsp3) is 0.167. The van der Waals surface area contributed by atoms with Crippen LogP contribution < -0.4 is 4.90 Å². The number of aromatic nitrogens is 6. The van der Waals surface area contributed by atoms with Crippen LogP contribution in [-0.4, -0.2) is 36.3 Å². The van der Waals surface area contributed by atoms with Gasteiger partial charge >= 0.3 is 0 Å². The van der Waals surface area contributed by atoms with Gasteiger partial charge in [-0.05, 0) is 24.3 Å². The van der Waals surface area contributed by atoms with Gasteiger partial charge in [-0.25, -0.2) is 9.50 Å². The van der Waals surface area contributed by atoms with Crippen molar-refractivity contribution in [1.29, 1.82) is 5.26 Å². The molecule has 8 nitrogen and oxygen atoms in total. The molecule has 4 aromatic rings. The Labute approximate surface area is 152 Å². The smallest absolute Gasteiger partial charge is 0.214 e. The molecule has 27 heavy (non-hydrogen) atoms. The third-order valence-electron chi connectivity index (χ3n) is 4.76. The Balaban J connectivity index is 1.72. The first kappa shape index (κ1) is 15.5. The van der Waals surface area contributed by atoms with E-state index in [1.165, 1.54) is 16.8 Å². The van der Waals surface area contributed by atoms with Gasteiger partial charge in [-0.2, -0.15) is 19.8 Å². The molecule has 5 rings (SSSR count). The summed E-state index contributed by atoms with van der Waals surface area (Å²) >= 11 is 0. The average molecular weight is 360 g/mol. The first-order valence-electron chi connectivity index (χ1n) is 8.41. The second-order valence-electron chi connectivity index (χ2n) is 6.25. The summed E-state index contributed by atoms with van der Waals surface area (Å²) < 4.78 is 15.4. The highest BCUT2D eigenvalue weighted by atomic mass is 19.1. The number of nitrogens with zero attached hydrogens (tertiary/aromatic N) is 7. The van der Waals surface area contributed by atoms with Crippen molar-refractivity contribution in [3.05, 3.63) is 71.4 Å². The quantitative estimate of drug-likeness (QED) is 0.549. The van der Waals surface area contributed by atoms with E-state index in [1.807, 2.05) is 11.0 Å². The normalized spacial score (nSPS) is 16.3. The number of rotatable bonds is 2. The lowest BCUT2D eigenvalue weighted by molar-refractivity contribution is 0.535. The minimum Gasteiger partial charge on any atom is -0.348 e. The molecule has 0 aromatic carbocycles. The van der Waals surface area contributed by atoms with E-state index >= 15 is 0 Å². The zero-order valence-electron chi connectivity index (χ0n) is 14.0. The molecule has 0 aliphatic carbocycles. The molecule has 0 amide bonds. The van der Waals surface area contributed by atoms with Crippen LogP contribution in [-0.2, 0) is 6.42 Å². The van der Waals surface area contributed by atoms with Gasteiger partial charge < -0.3 is 9.88 Å². The molecule has 1 atom stereocenters. The Bertz CT molecular complexity index is 1190. The first-order valence-corrected chi connectivity index (χ1v) is 8.41. The van der Waals surface area contributed by atoms with Crippen LogP contribution in [0.4, 0.5) is 10.2 Å². The van der Waals surface area contributed by atoms with Crippen LogP contribution in [0.3, 0.4) is 0 Å². The Hall–Kier alpha value is -3.80. The van der Waals surface area contributed by atoms with Crippen LogP contribution in [0.1, 0.15) is 28.7 Å². The highest BCUT2D eigenvalue weighted by Gasteiger charge is 2.35. The summed E-state index contributed by atoms with van der Waals surface area (Å²) in [5.74, 6) is 0.0248. The van der Waals surface area contributed by atoms with Crippen LogP contribution in [0.2, 0.25) is 0 Å². The molecular weight excluding hydrogens is 347 g/mol. The highest BCUT2D eigenvalue weighted by Crippen LogP contribution is 2.36. The predicted octanol–water partition coefficient (Wildman–Crippen LogP) is 2.01. The van der Waals surface area contributed by atoms with Crippen molar-refractivity contribution in [2.75, 3.05) is 11.4 Å². The molecule has 132 valence electrons. The van der Waals surface area contributed by atoms with E-state index in [2.05, 4.69) is 31.3 Å². The summed E-state index contributed by atoms with van der Waals surface area (Å²) in [4.78, 5) is 9.58. The fourth-order valence-corrected chi connectivity index (χ4v) is 3.56. The topological polar surface area (TPSA) is 98.8 Å². The molecule has 0 bridgehead atoms. The number of halogens is 1. The SMILES string of the molecule is N#Cc1ccnnc1N1CCc2[nH]cnc2[C@H]1c1cc2cccc(F)n2n1. The average Bonchev–Trinajstić information content (AvgIpc) is 3.34. The molecule has 0 radical (unpaired) electrons. The number of nitrogens with one attached hydrogen (secondary N) is 1. The largest absolute Gasteiger partial charge is 0.348 e. The Morgan fingerprint density at radius 2 is 2.22 bits per heavy atom. The maximum absolute atomic E-state index is 14.1. The lowest BCUT2D eigenvalue weighted by Crippen LogP contribution is -2.37. The molecule has 0 fully saturated rings. The van der Waals surface area contributed by atoms with Gasteiger partial charge in [0, 0.05) is 18.7 Å². The van der Waals surface area contributed by atoms with E-state index in [-0.39, 0.29) is 0 Å². The lowest BCUT2D eigenvalue weighted by atomic mass is 9.99. The van der Waals surface area contributed by atoms with Gasteiger partial charge in [0.05, 0.1) is 35.0 Å². The van der Waals surface area contributed by atoms with Crippen molar-refractivity contribution >= 4 is 11.3 Å². The third kappa shape index (κ3) is 2.34. The summed E-state index contributed by atoms with van der Waals surface area (Å²) in [5, 5.41) is 22.1. The predicted molar refractivity (Wildman–Crippen MR) is 93.4 cm³/mol. The zero-order valence-corrected chi connectivity index (χ0v) is 14.0. The number of pyridine rings is 1. The van der Waals surface area contributed by atoms with E-state index in [0.29, 0.717) is 29.1 Å². The molecule has 9 heteroatoms. The Morgan fingerprint density at radius 1 is 1.30 bits per heavy atom. The van der Waals surface area contributed by atoms with E-state index in [1.54, 1.807) is 24.5 Å². The van der Waals surface area contributed by atoms with Crippen LogP contribution in [0.5, 0.6) is 0 Å². The second-order valence-corrected chi connectivity index (χ2v) is 6.25. The highest BCUT2D eigenvalue weighted by molar-refractivity contribution is 5.58. The van der Waals surface area contributed by atoms with Gasteiger partial charge in [0.25, 0.3) is 0 Å². The number of nitriles is 1. The Kier molecular flexibility index (Phi) is 3.36. The molecular formula is C18H13FN8. The Morgan fingerprint density at radius 3 is 3.07 bits per heavy atom. The third-order valence-corrected chi connectivity index (χ3v) is 4.76. The minimum absolute atomic E-state index is 0.400. The van der Waals surface area contributed by atoms with Crippen LogP contribution in [0.25, 0.3) is 5.52 Å². The van der Waals surface area contributed by atoms with E-state index < -0.39 is 12.0 Å². The molecule has 0 saturated carbocycles. The molecule has 0 spiro atoms. The maximum Gasteiger partial charge on any atom is 0.214 e. The van der Waals surface area contributed by atoms with Gasteiger partial charge in [0.2, 0.25) is 5.95 Å². The number of fused-ring (bicyclic) bond motifs is 2. The van der Waals surface area contributed by atoms with Crippen molar-refractivity contribution in [1.82, 2.24) is 29.8 Å². The van der Waals surface area contributed by atoms with Crippen molar-refractivity contribution in [2.45, 2.75) is 12.5 Å². The van der Waals surface area contributed by atoms with Crippen LogP contribution >= 0.6 is 0 Å². The van der Waals surface area contributed by atoms with E-state index in [9.17, 15) is 9.65 Å². The van der Waals surface area contributed by atoms with E-state index in [4.69, 9.17) is 0 Å². The van der Waals surface area contributed by atoms with Crippen molar-refractivity contribution in [3.63, 3.8) is 0 Å². The molecule has 5 heterocycles. The number of hydrogen-bond acceptors (Lipinski definition) is 6. The summed E-state index contributed by atoms with van der Waals surface area (Å²) in [6, 6.07) is 10.0. The summed E-state index contributed by atoms with van der Waals surface area (Å²) in [6.07, 6.45) is 3.84. The maximum atomic E-state index is 14.1. The summed E-state index contributed by atoms with van der Waals surface area (Å²) in [5.41, 5.74) is 3.48. The van der Waals surface area contributed by atoms with Crippen LogP contribution in [0, 0.1) is 17.3 Å². The van der Waals surface area contributed by atoms with Crippen molar-refractivity contribution in [2.24, 2.45) is 0 Å². The standard InChI is InChI=1S/C18H13FN8/c19-15-3-1-2-12-8-14(25-27(12)15)17-16-13(21-10-22-16)5-7-26(17)18-11(9-20)4-6-23-24-18/h1-4,6,8,10,17H,5,7H2,(H,21,22)/t17-/m1/s1. The van der Waals surface area contributed by atoms with Gasteiger partial charge in [0.1, 0.15) is 12.1 Å². The van der Waals surface area contributed by atoms with Crippen LogP contribution in [0.15, 0.2) is 42.9 Å². The van der Waals surface area contributed by atoms with Gasteiger partial charge in [-0.1, -0.05) is 6.07 Å². The lowest BCUT2D eigenvalue weighted by Gasteiger charge is -2.34. The molecule has 4 aromatic heterocycles. The summed E-state index contributed by atoms with van der Waals surface area (Å²) in [7, 11) is 0. The van der Waals surface area contributed by atoms with Crippen molar-refractivity contribution in [3.8, 4) is 6.07 Å². The molecule has 1 N–H and O–H groups in total. The van der Waals surface area contributed by atoms with Gasteiger partial charge in [-0.3, -0.25) is 0 Å². The fourth-order valence-electron chi connectivity index (χ4n) is 3.56. The molecule has 0 saturated heterocycles. The molecule has 0 unspecified atom stereocenters. The number of aromatic amines is 1. The number of imidazole rings is 1. The summed E-state index contributed by atoms with van der Waals surface area (Å²) in [6.45, 7) is 0.601.